The molecule has 0 bridgehead atoms. The molecule has 6 heteroatoms. The highest BCUT2D eigenvalue weighted by Crippen LogP contribution is 2.23. The van der Waals surface area contributed by atoms with E-state index in [0.29, 0.717) is 18.5 Å². The molecule has 0 N–H and O–H groups in total. The second-order valence-corrected chi connectivity index (χ2v) is 8.14. The Bertz CT molecular complexity index is 648. The molecule has 1 atom stereocenters. The standard InChI is InChI=1S/C19H24BrNO4/c1-19(2,3)25-18(24)21-12-4-5-15(21)17(23)11-10-16(22)13-6-8-14(20)9-7-13/h6-9,15H,4-5,10-12H2,1-3H3/t15-/m0/s1. The van der Waals surface area contributed by atoms with Crippen molar-refractivity contribution in [3.63, 3.8) is 0 Å². The first-order valence-corrected chi connectivity index (χ1v) is 9.28. The van der Waals surface area contributed by atoms with Crippen LogP contribution in [0, 0.1) is 0 Å². The number of halogens is 1. The maximum Gasteiger partial charge on any atom is 0.410 e. The van der Waals surface area contributed by atoms with Crippen LogP contribution in [0.2, 0.25) is 0 Å². The average Bonchev–Trinajstić information content (AvgIpc) is 3.01. The van der Waals surface area contributed by atoms with Crippen LogP contribution in [0.5, 0.6) is 0 Å². The number of carbonyl (C=O) groups is 3. The molecule has 0 saturated carbocycles. The number of ketones is 2. The molecular formula is C19H24BrNO4. The molecule has 1 aliphatic rings. The Kier molecular flexibility index (Phi) is 6.38. The van der Waals surface area contributed by atoms with E-state index in [9.17, 15) is 14.4 Å². The molecule has 0 radical (unpaired) electrons. The van der Waals surface area contributed by atoms with Crippen molar-refractivity contribution < 1.29 is 19.1 Å². The summed E-state index contributed by atoms with van der Waals surface area (Å²) in [5.41, 5.74) is -0.00316. The van der Waals surface area contributed by atoms with Crippen molar-refractivity contribution in [2.45, 2.75) is 58.1 Å². The van der Waals surface area contributed by atoms with Crippen molar-refractivity contribution in [3.8, 4) is 0 Å². The summed E-state index contributed by atoms with van der Waals surface area (Å²) in [7, 11) is 0. The fraction of sp³-hybridized carbons (Fsp3) is 0.526. The minimum absolute atomic E-state index is 0.0670. The number of hydrogen-bond acceptors (Lipinski definition) is 4. The number of Topliss-reactive ketones (excluding diaryl/α,β-unsaturated/α-hetero) is 2. The van der Waals surface area contributed by atoms with Gasteiger partial charge in [0, 0.05) is 29.4 Å². The predicted molar refractivity (Wildman–Crippen MR) is 98.7 cm³/mol. The summed E-state index contributed by atoms with van der Waals surface area (Å²) in [4.78, 5) is 38.5. The van der Waals surface area contributed by atoms with Crippen molar-refractivity contribution in [2.24, 2.45) is 0 Å². The Morgan fingerprint density at radius 2 is 1.80 bits per heavy atom. The van der Waals surface area contributed by atoms with Gasteiger partial charge in [-0.15, -0.1) is 0 Å². The fourth-order valence-corrected chi connectivity index (χ4v) is 3.09. The first kappa shape index (κ1) is 19.6. The van der Waals surface area contributed by atoms with Crippen LogP contribution >= 0.6 is 15.9 Å². The molecule has 1 aromatic carbocycles. The monoisotopic (exact) mass is 409 g/mol. The Labute approximate surface area is 156 Å². The average molecular weight is 410 g/mol. The smallest absolute Gasteiger partial charge is 0.410 e. The number of carbonyl (C=O) groups excluding carboxylic acids is 3. The van der Waals surface area contributed by atoms with E-state index >= 15 is 0 Å². The molecular weight excluding hydrogens is 386 g/mol. The molecule has 0 spiro atoms. The summed E-state index contributed by atoms with van der Waals surface area (Å²) in [5.74, 6) is -0.142. The van der Waals surface area contributed by atoms with E-state index < -0.39 is 17.7 Å². The molecule has 5 nitrogen and oxygen atoms in total. The van der Waals surface area contributed by atoms with Crippen molar-refractivity contribution in [2.75, 3.05) is 6.54 Å². The lowest BCUT2D eigenvalue weighted by Gasteiger charge is -2.28. The maximum atomic E-state index is 12.5. The van der Waals surface area contributed by atoms with E-state index in [4.69, 9.17) is 4.74 Å². The number of rotatable bonds is 5. The number of likely N-dealkylation sites (tertiary alicyclic amines) is 1. The molecule has 1 fully saturated rings. The predicted octanol–water partition coefficient (Wildman–Crippen LogP) is 4.38. The van der Waals surface area contributed by atoms with Crippen LogP contribution in [-0.2, 0) is 9.53 Å². The number of nitrogens with zero attached hydrogens (tertiary/aromatic N) is 1. The van der Waals surface area contributed by atoms with Crippen LogP contribution in [0.25, 0.3) is 0 Å². The summed E-state index contributed by atoms with van der Waals surface area (Å²) >= 11 is 3.33. The molecule has 0 aromatic heterocycles. The third kappa shape index (κ3) is 5.66. The fourth-order valence-electron chi connectivity index (χ4n) is 2.82. The summed E-state index contributed by atoms with van der Waals surface area (Å²) in [6.45, 7) is 5.92. The molecule has 1 aromatic rings. The minimum atomic E-state index is -0.592. The lowest BCUT2D eigenvalue weighted by atomic mass is 10.0. The molecule has 1 aliphatic heterocycles. The highest BCUT2D eigenvalue weighted by atomic mass is 79.9. The van der Waals surface area contributed by atoms with Crippen molar-refractivity contribution >= 4 is 33.6 Å². The molecule has 2 rings (SSSR count). The van der Waals surface area contributed by atoms with Gasteiger partial charge in [-0.1, -0.05) is 28.1 Å². The summed E-state index contributed by atoms with van der Waals surface area (Å²) in [5, 5.41) is 0. The first-order valence-electron chi connectivity index (χ1n) is 8.48. The van der Waals surface area contributed by atoms with E-state index in [1.165, 1.54) is 4.90 Å². The zero-order chi connectivity index (χ0) is 18.6. The molecule has 1 heterocycles. The van der Waals surface area contributed by atoms with Crippen LogP contribution in [0.15, 0.2) is 28.7 Å². The summed E-state index contributed by atoms with van der Waals surface area (Å²) < 4.78 is 6.27. The van der Waals surface area contributed by atoms with Gasteiger partial charge in [0.2, 0.25) is 0 Å². The van der Waals surface area contributed by atoms with Crippen molar-refractivity contribution in [1.82, 2.24) is 4.90 Å². The van der Waals surface area contributed by atoms with Crippen LogP contribution in [0.4, 0.5) is 4.79 Å². The van der Waals surface area contributed by atoms with Gasteiger partial charge in [-0.25, -0.2) is 4.79 Å². The summed E-state index contributed by atoms with van der Waals surface area (Å²) in [6, 6.07) is 6.60. The van der Waals surface area contributed by atoms with Crippen LogP contribution in [-0.4, -0.2) is 40.7 Å². The van der Waals surface area contributed by atoms with Gasteiger partial charge in [-0.2, -0.15) is 0 Å². The number of hydrogen-bond donors (Lipinski definition) is 0. The third-order valence-corrected chi connectivity index (χ3v) is 4.55. The van der Waals surface area contributed by atoms with E-state index in [2.05, 4.69) is 15.9 Å². The van der Waals surface area contributed by atoms with E-state index in [1.54, 1.807) is 45.0 Å². The molecule has 136 valence electrons. The minimum Gasteiger partial charge on any atom is -0.444 e. The van der Waals surface area contributed by atoms with Crippen molar-refractivity contribution in [1.29, 1.82) is 0 Å². The van der Waals surface area contributed by atoms with E-state index in [1.807, 2.05) is 0 Å². The zero-order valence-corrected chi connectivity index (χ0v) is 16.5. The normalized spacial score (nSPS) is 17.4. The van der Waals surface area contributed by atoms with E-state index in [-0.39, 0.29) is 24.4 Å². The van der Waals surface area contributed by atoms with Gasteiger partial charge >= 0.3 is 6.09 Å². The van der Waals surface area contributed by atoms with Crippen LogP contribution < -0.4 is 0 Å². The van der Waals surface area contributed by atoms with E-state index in [0.717, 1.165) is 10.9 Å². The highest BCUT2D eigenvalue weighted by Gasteiger charge is 2.36. The van der Waals surface area contributed by atoms with Gasteiger partial charge in [-0.05, 0) is 45.7 Å². The van der Waals surface area contributed by atoms with Gasteiger partial charge in [0.25, 0.3) is 0 Å². The number of ether oxygens (including phenoxy) is 1. The maximum absolute atomic E-state index is 12.5. The Hall–Kier alpha value is -1.69. The lowest BCUT2D eigenvalue weighted by molar-refractivity contribution is -0.123. The summed E-state index contributed by atoms with van der Waals surface area (Å²) in [6.07, 6.45) is 1.24. The SMILES string of the molecule is CC(C)(C)OC(=O)N1CCC[C@H]1C(=O)CCC(=O)c1ccc(Br)cc1. The van der Waals surface area contributed by atoms with Gasteiger partial charge < -0.3 is 4.74 Å². The molecule has 0 unspecified atom stereocenters. The Morgan fingerprint density at radius 3 is 2.40 bits per heavy atom. The van der Waals surface area contributed by atoms with Gasteiger partial charge in [0.1, 0.15) is 5.60 Å². The highest BCUT2D eigenvalue weighted by molar-refractivity contribution is 9.10. The second kappa shape index (κ2) is 8.13. The third-order valence-electron chi connectivity index (χ3n) is 4.02. The Morgan fingerprint density at radius 1 is 1.16 bits per heavy atom. The second-order valence-electron chi connectivity index (χ2n) is 7.23. The first-order chi connectivity index (χ1) is 11.7. The molecule has 1 saturated heterocycles. The number of amides is 1. The topological polar surface area (TPSA) is 63.7 Å². The largest absolute Gasteiger partial charge is 0.444 e. The van der Waals surface area contributed by atoms with Gasteiger partial charge in [-0.3, -0.25) is 14.5 Å². The lowest BCUT2D eigenvalue weighted by Crippen LogP contribution is -2.43. The quantitative estimate of drug-likeness (QED) is 0.676. The van der Waals surface area contributed by atoms with Crippen LogP contribution in [0.3, 0.4) is 0 Å². The molecule has 0 aliphatic carbocycles. The number of benzene rings is 1. The molecule has 25 heavy (non-hydrogen) atoms. The van der Waals surface area contributed by atoms with Crippen molar-refractivity contribution in [3.05, 3.63) is 34.3 Å². The van der Waals surface area contributed by atoms with Gasteiger partial charge in [0.05, 0.1) is 6.04 Å². The Balaban J connectivity index is 1.92. The van der Waals surface area contributed by atoms with Gasteiger partial charge in [0.15, 0.2) is 11.6 Å². The molecule has 1 amide bonds. The zero-order valence-electron chi connectivity index (χ0n) is 14.9. The van der Waals surface area contributed by atoms with Crippen LogP contribution in [0.1, 0.15) is 56.8 Å².